The maximum absolute atomic E-state index is 12.1. The summed E-state index contributed by atoms with van der Waals surface area (Å²) in [6, 6.07) is 7.28. The number of amides is 1. The van der Waals surface area contributed by atoms with Crippen LogP contribution in [0.25, 0.3) is 0 Å². The maximum Gasteiger partial charge on any atom is 0.306 e. The van der Waals surface area contributed by atoms with Crippen LogP contribution in [0.1, 0.15) is 6.42 Å². The summed E-state index contributed by atoms with van der Waals surface area (Å²) in [7, 11) is 1.69. The molecule has 3 rings (SSSR count). The van der Waals surface area contributed by atoms with Crippen molar-refractivity contribution in [1.29, 1.82) is 0 Å². The fourth-order valence-corrected chi connectivity index (χ4v) is 2.43. The zero-order chi connectivity index (χ0) is 12.9. The Morgan fingerprint density at radius 3 is 2.83 bits per heavy atom. The number of ether oxygens (including phenoxy) is 1. The molecular formula is C13H13NO4. The molecule has 94 valence electrons. The molecule has 1 amide bonds. The number of rotatable bonds is 2. The van der Waals surface area contributed by atoms with Crippen molar-refractivity contribution in [3.05, 3.63) is 24.3 Å². The first-order chi connectivity index (χ1) is 8.59. The zero-order valence-electron chi connectivity index (χ0n) is 9.87. The van der Waals surface area contributed by atoms with Gasteiger partial charge in [-0.3, -0.25) is 9.59 Å². The first-order valence-corrected chi connectivity index (χ1v) is 5.85. The van der Waals surface area contributed by atoms with Crippen LogP contribution in [-0.2, 0) is 9.59 Å². The number of para-hydroxylation sites is 2. The lowest BCUT2D eigenvalue weighted by atomic mass is 10.1. The third kappa shape index (κ3) is 1.54. The molecule has 1 aromatic rings. The van der Waals surface area contributed by atoms with Crippen LogP contribution in [0.5, 0.6) is 5.75 Å². The van der Waals surface area contributed by atoms with E-state index < -0.39 is 18.0 Å². The summed E-state index contributed by atoms with van der Waals surface area (Å²) in [4.78, 5) is 24.6. The normalized spacial score (nSPS) is 29.5. The minimum Gasteiger partial charge on any atom is -0.481 e. The van der Waals surface area contributed by atoms with Gasteiger partial charge in [-0.15, -0.1) is 0 Å². The Bertz CT molecular complexity index is 527. The molecule has 0 saturated heterocycles. The van der Waals surface area contributed by atoms with Crippen molar-refractivity contribution in [1.82, 2.24) is 0 Å². The maximum atomic E-state index is 12.1. The van der Waals surface area contributed by atoms with Crippen molar-refractivity contribution in [2.75, 3.05) is 11.9 Å². The Labute approximate surface area is 104 Å². The monoisotopic (exact) mass is 247 g/mol. The number of carbonyl (C=O) groups is 2. The minimum atomic E-state index is -0.849. The number of carboxylic acid groups (broad SMARTS) is 1. The average molecular weight is 247 g/mol. The van der Waals surface area contributed by atoms with Crippen LogP contribution in [0.2, 0.25) is 0 Å². The number of benzene rings is 1. The van der Waals surface area contributed by atoms with E-state index in [0.29, 0.717) is 12.2 Å². The van der Waals surface area contributed by atoms with Crippen molar-refractivity contribution in [2.24, 2.45) is 11.8 Å². The lowest BCUT2D eigenvalue weighted by molar-refractivity contribution is -0.139. The molecule has 18 heavy (non-hydrogen) atoms. The number of fused-ring (bicyclic) bond motifs is 1. The van der Waals surface area contributed by atoms with Gasteiger partial charge in [-0.05, 0) is 18.6 Å². The van der Waals surface area contributed by atoms with Crippen LogP contribution < -0.4 is 9.64 Å². The highest BCUT2D eigenvalue weighted by Crippen LogP contribution is 2.46. The van der Waals surface area contributed by atoms with Crippen molar-refractivity contribution < 1.29 is 19.4 Å². The van der Waals surface area contributed by atoms with E-state index in [1.807, 2.05) is 18.2 Å². The summed E-state index contributed by atoms with van der Waals surface area (Å²) in [6.07, 6.45) is -0.145. The smallest absolute Gasteiger partial charge is 0.306 e. The predicted octanol–water partition coefficient (Wildman–Crippen LogP) is 1.13. The van der Waals surface area contributed by atoms with Crippen molar-refractivity contribution in [2.45, 2.75) is 12.5 Å². The molecule has 3 unspecified atom stereocenters. The number of nitrogens with zero attached hydrogens (tertiary/aromatic N) is 1. The van der Waals surface area contributed by atoms with Crippen molar-refractivity contribution >= 4 is 17.6 Å². The lowest BCUT2D eigenvalue weighted by Crippen LogP contribution is -2.45. The van der Waals surface area contributed by atoms with E-state index >= 15 is 0 Å². The van der Waals surface area contributed by atoms with Crippen LogP contribution >= 0.6 is 0 Å². The fourth-order valence-electron chi connectivity index (χ4n) is 2.43. The molecule has 0 radical (unpaired) electrons. The first kappa shape index (κ1) is 11.1. The molecule has 5 heteroatoms. The first-order valence-electron chi connectivity index (χ1n) is 5.85. The second-order valence-electron chi connectivity index (χ2n) is 4.75. The predicted molar refractivity (Wildman–Crippen MR) is 63.5 cm³/mol. The van der Waals surface area contributed by atoms with Gasteiger partial charge in [-0.25, -0.2) is 0 Å². The molecule has 5 nitrogen and oxygen atoms in total. The van der Waals surface area contributed by atoms with Gasteiger partial charge in [0.1, 0.15) is 5.75 Å². The molecule has 0 aromatic heterocycles. The summed E-state index contributed by atoms with van der Waals surface area (Å²) in [5.41, 5.74) is 0.728. The summed E-state index contributed by atoms with van der Waals surface area (Å²) in [6.45, 7) is 0. The van der Waals surface area contributed by atoms with Gasteiger partial charge >= 0.3 is 5.97 Å². The molecule has 1 saturated carbocycles. The molecular weight excluding hydrogens is 234 g/mol. The van der Waals surface area contributed by atoms with E-state index in [1.54, 1.807) is 18.0 Å². The van der Waals surface area contributed by atoms with E-state index in [4.69, 9.17) is 9.84 Å². The minimum absolute atomic E-state index is 0.164. The lowest BCUT2D eigenvalue weighted by Gasteiger charge is -2.32. The van der Waals surface area contributed by atoms with E-state index in [9.17, 15) is 9.59 Å². The number of anilines is 1. The van der Waals surface area contributed by atoms with Gasteiger partial charge in [-0.2, -0.15) is 0 Å². The summed E-state index contributed by atoms with van der Waals surface area (Å²) in [5, 5.41) is 8.92. The number of hydrogen-bond donors (Lipinski definition) is 1. The fraction of sp³-hybridized carbons (Fsp3) is 0.385. The Hall–Kier alpha value is -2.04. The highest BCUT2D eigenvalue weighted by Gasteiger charge is 2.54. The quantitative estimate of drug-likeness (QED) is 0.850. The Morgan fingerprint density at radius 1 is 1.44 bits per heavy atom. The SMILES string of the molecule is CN1C(=O)C(C2CC2C(=O)O)Oc2ccccc21. The van der Waals surface area contributed by atoms with Gasteiger partial charge in [0.15, 0.2) is 6.10 Å². The number of likely N-dealkylation sites (N-methyl/N-ethyl adjacent to an activating group) is 1. The molecule has 3 atom stereocenters. The molecule has 0 bridgehead atoms. The topological polar surface area (TPSA) is 66.8 Å². The van der Waals surface area contributed by atoms with E-state index in [-0.39, 0.29) is 11.8 Å². The van der Waals surface area contributed by atoms with Crippen LogP contribution in [0.4, 0.5) is 5.69 Å². The van der Waals surface area contributed by atoms with E-state index in [1.165, 1.54) is 0 Å². The van der Waals surface area contributed by atoms with Crippen LogP contribution in [-0.4, -0.2) is 30.1 Å². The largest absolute Gasteiger partial charge is 0.481 e. The Morgan fingerprint density at radius 2 is 2.17 bits per heavy atom. The highest BCUT2D eigenvalue weighted by atomic mass is 16.5. The zero-order valence-corrected chi connectivity index (χ0v) is 9.87. The molecule has 1 aromatic carbocycles. The van der Waals surface area contributed by atoms with Gasteiger partial charge in [0, 0.05) is 13.0 Å². The van der Waals surface area contributed by atoms with E-state index in [2.05, 4.69) is 0 Å². The highest BCUT2D eigenvalue weighted by molar-refractivity contribution is 6.00. The van der Waals surface area contributed by atoms with Crippen LogP contribution in [0.15, 0.2) is 24.3 Å². The second kappa shape index (κ2) is 3.73. The third-order valence-corrected chi connectivity index (χ3v) is 3.60. The number of carboxylic acids is 1. The molecule has 1 heterocycles. The average Bonchev–Trinajstić information content (AvgIpc) is 3.14. The number of hydrogen-bond acceptors (Lipinski definition) is 3. The molecule has 1 aliphatic heterocycles. The second-order valence-corrected chi connectivity index (χ2v) is 4.75. The number of carbonyl (C=O) groups excluding carboxylic acids is 1. The van der Waals surface area contributed by atoms with E-state index in [0.717, 1.165) is 5.69 Å². The Kier molecular flexibility index (Phi) is 2.29. The van der Waals surface area contributed by atoms with Gasteiger partial charge < -0.3 is 14.7 Å². The third-order valence-electron chi connectivity index (χ3n) is 3.60. The summed E-state index contributed by atoms with van der Waals surface area (Å²) >= 11 is 0. The number of aliphatic carboxylic acids is 1. The Balaban J connectivity index is 1.88. The molecule has 1 aliphatic carbocycles. The molecule has 1 N–H and O–H groups in total. The van der Waals surface area contributed by atoms with Gasteiger partial charge in [-0.1, -0.05) is 12.1 Å². The van der Waals surface area contributed by atoms with Crippen molar-refractivity contribution in [3.8, 4) is 5.75 Å². The van der Waals surface area contributed by atoms with Crippen LogP contribution in [0, 0.1) is 11.8 Å². The standard InChI is InChI=1S/C13H13NO4/c1-14-9-4-2-3-5-10(9)18-11(12(14)15)7-6-8(7)13(16)17/h2-5,7-8,11H,6H2,1H3,(H,16,17). The van der Waals surface area contributed by atoms with Gasteiger partial charge in [0.2, 0.25) is 0 Å². The van der Waals surface area contributed by atoms with Crippen molar-refractivity contribution in [3.63, 3.8) is 0 Å². The molecule has 2 aliphatic rings. The summed E-state index contributed by atoms with van der Waals surface area (Å²) in [5.74, 6) is -1.02. The van der Waals surface area contributed by atoms with Gasteiger partial charge in [0.05, 0.1) is 11.6 Å². The molecule has 0 spiro atoms. The van der Waals surface area contributed by atoms with Gasteiger partial charge in [0.25, 0.3) is 5.91 Å². The summed E-state index contributed by atoms with van der Waals surface area (Å²) < 4.78 is 5.66. The van der Waals surface area contributed by atoms with Crippen LogP contribution in [0.3, 0.4) is 0 Å². The molecule has 1 fully saturated rings.